The predicted octanol–water partition coefficient (Wildman–Crippen LogP) is 5.28. The average molecular weight is 533 g/mol. The lowest BCUT2D eigenvalue weighted by Gasteiger charge is -2.19. The van der Waals surface area contributed by atoms with Crippen LogP contribution in [0, 0.1) is 12.8 Å². The zero-order chi connectivity index (χ0) is 24.9. The number of aryl methyl sites for hydroxylation is 1. The summed E-state index contributed by atoms with van der Waals surface area (Å²) >= 11 is 3.53. The highest BCUT2D eigenvalue weighted by atomic mass is 79.9. The van der Waals surface area contributed by atoms with Crippen molar-refractivity contribution >= 4 is 50.9 Å². The Hall–Kier alpha value is -3.42. The Bertz CT molecular complexity index is 1260. The molecule has 0 aromatic heterocycles. The van der Waals surface area contributed by atoms with Crippen LogP contribution < -0.4 is 16.4 Å². The minimum atomic E-state index is -0.246. The van der Waals surface area contributed by atoms with Crippen molar-refractivity contribution in [1.29, 1.82) is 0 Å². The average Bonchev–Trinajstić information content (AvgIpc) is 3.24. The highest BCUT2D eigenvalue weighted by molar-refractivity contribution is 9.10. The van der Waals surface area contributed by atoms with Gasteiger partial charge in [0.15, 0.2) is 0 Å². The molecule has 35 heavy (non-hydrogen) atoms. The summed E-state index contributed by atoms with van der Waals surface area (Å²) in [5.74, 6) is -0.278. The summed E-state index contributed by atoms with van der Waals surface area (Å²) in [6.45, 7) is 3.53. The molecule has 6 nitrogen and oxygen atoms in total. The molecule has 3 aromatic carbocycles. The summed E-state index contributed by atoms with van der Waals surface area (Å²) in [6, 6.07) is 21.0. The fourth-order valence-electron chi connectivity index (χ4n) is 4.32. The quantitative estimate of drug-likeness (QED) is 0.298. The van der Waals surface area contributed by atoms with Crippen LogP contribution in [0.5, 0.6) is 0 Å². The second-order valence-corrected chi connectivity index (χ2v) is 9.82. The molecule has 2 atom stereocenters. The maximum atomic E-state index is 13.1. The summed E-state index contributed by atoms with van der Waals surface area (Å²) < 4.78 is 0.972. The van der Waals surface area contributed by atoms with Gasteiger partial charge in [-0.1, -0.05) is 58.4 Å². The van der Waals surface area contributed by atoms with Crippen LogP contribution in [0.15, 0.2) is 77.3 Å². The number of halogens is 1. The number of nitrogen functional groups attached to an aromatic ring is 1. The molecule has 1 fully saturated rings. The SMILES string of the molecule is Cc1ccc(NC(=O)C2CN(C)CC2c2ccc(C=CC(=O)Nc3ccccc3N)cc2)cc1Br. The third-order valence-corrected chi connectivity index (χ3v) is 7.14. The molecule has 1 aliphatic heterocycles. The van der Waals surface area contributed by atoms with Crippen molar-refractivity contribution in [3.8, 4) is 0 Å². The van der Waals surface area contributed by atoms with Crippen LogP contribution in [-0.4, -0.2) is 36.9 Å². The van der Waals surface area contributed by atoms with Gasteiger partial charge in [0.05, 0.1) is 17.3 Å². The van der Waals surface area contributed by atoms with Gasteiger partial charge in [-0.3, -0.25) is 9.59 Å². The summed E-state index contributed by atoms with van der Waals surface area (Å²) in [6.07, 6.45) is 3.25. The number of nitrogens with one attached hydrogen (secondary N) is 2. The van der Waals surface area contributed by atoms with Crippen LogP contribution in [-0.2, 0) is 9.59 Å². The fourth-order valence-corrected chi connectivity index (χ4v) is 4.70. The maximum absolute atomic E-state index is 13.1. The number of rotatable bonds is 6. The smallest absolute Gasteiger partial charge is 0.248 e. The monoisotopic (exact) mass is 532 g/mol. The van der Waals surface area contributed by atoms with Gasteiger partial charge in [-0.2, -0.15) is 0 Å². The third kappa shape index (κ3) is 6.18. The molecular weight excluding hydrogens is 504 g/mol. The molecule has 1 saturated heterocycles. The molecule has 7 heteroatoms. The van der Waals surface area contributed by atoms with Crippen molar-refractivity contribution in [1.82, 2.24) is 4.90 Å². The van der Waals surface area contributed by atoms with Crippen LogP contribution in [0.3, 0.4) is 0 Å². The molecule has 0 saturated carbocycles. The molecule has 0 spiro atoms. The second kappa shape index (κ2) is 10.9. The van der Waals surface area contributed by atoms with Gasteiger partial charge >= 0.3 is 0 Å². The first-order valence-corrected chi connectivity index (χ1v) is 12.3. The zero-order valence-electron chi connectivity index (χ0n) is 19.8. The number of nitrogens with two attached hydrogens (primary N) is 1. The summed E-state index contributed by atoms with van der Waals surface area (Å²) in [5, 5.41) is 5.86. The van der Waals surface area contributed by atoms with E-state index < -0.39 is 0 Å². The van der Waals surface area contributed by atoms with E-state index in [1.807, 2.05) is 68.6 Å². The van der Waals surface area contributed by atoms with Crippen LogP contribution >= 0.6 is 15.9 Å². The number of carbonyl (C=O) groups is 2. The molecular formula is C28H29BrN4O2. The minimum Gasteiger partial charge on any atom is -0.397 e. The van der Waals surface area contributed by atoms with Crippen molar-refractivity contribution in [3.05, 3.63) is 94.0 Å². The molecule has 2 amide bonds. The van der Waals surface area contributed by atoms with Crippen molar-refractivity contribution < 1.29 is 9.59 Å². The van der Waals surface area contributed by atoms with Crippen LogP contribution in [0.25, 0.3) is 6.08 Å². The summed E-state index contributed by atoms with van der Waals surface area (Å²) in [5.41, 5.74) is 10.9. The fraction of sp³-hybridized carbons (Fsp3) is 0.214. The number of likely N-dealkylation sites (tertiary alicyclic amines) is 1. The molecule has 1 heterocycles. The molecule has 0 radical (unpaired) electrons. The Kier molecular flexibility index (Phi) is 7.68. The number of nitrogens with zero attached hydrogens (tertiary/aromatic N) is 1. The minimum absolute atomic E-state index is 0.0240. The van der Waals surface area contributed by atoms with Crippen LogP contribution in [0.1, 0.15) is 22.6 Å². The highest BCUT2D eigenvalue weighted by Gasteiger charge is 2.37. The highest BCUT2D eigenvalue weighted by Crippen LogP contribution is 2.33. The molecule has 2 unspecified atom stereocenters. The second-order valence-electron chi connectivity index (χ2n) is 8.96. The number of benzene rings is 3. The van der Waals surface area contributed by atoms with E-state index in [1.54, 1.807) is 18.2 Å². The van der Waals surface area contributed by atoms with E-state index in [4.69, 9.17) is 5.73 Å². The van der Waals surface area contributed by atoms with Crippen LogP contribution in [0.4, 0.5) is 17.1 Å². The number of amides is 2. The number of hydrogen-bond acceptors (Lipinski definition) is 4. The van der Waals surface area contributed by atoms with Gasteiger partial charge in [-0.05, 0) is 61.0 Å². The van der Waals surface area contributed by atoms with E-state index in [0.29, 0.717) is 17.9 Å². The number of likely N-dealkylation sites (N-methyl/N-ethyl adjacent to an activating group) is 1. The van der Waals surface area contributed by atoms with Gasteiger partial charge in [0.25, 0.3) is 0 Å². The standard InChI is InChI=1S/C28H29BrN4O2/c1-18-7-13-21(15-24(18)29)31-28(35)23-17-33(2)16-22(23)20-11-8-19(9-12-20)10-14-27(34)32-26-6-4-3-5-25(26)30/h3-15,22-23H,16-17,30H2,1-2H3,(H,31,35)(H,32,34). The molecule has 4 rings (SSSR count). The third-order valence-electron chi connectivity index (χ3n) is 6.29. The lowest BCUT2D eigenvalue weighted by Crippen LogP contribution is -2.28. The molecule has 0 bridgehead atoms. The van der Waals surface area contributed by atoms with Crippen LogP contribution in [0.2, 0.25) is 0 Å². The van der Waals surface area contributed by atoms with Gasteiger partial charge < -0.3 is 21.3 Å². The van der Waals surface area contributed by atoms with Gasteiger partial charge in [-0.25, -0.2) is 0 Å². The van der Waals surface area contributed by atoms with Crippen molar-refractivity contribution in [2.45, 2.75) is 12.8 Å². The Labute approximate surface area is 214 Å². The largest absolute Gasteiger partial charge is 0.397 e. The van der Waals surface area contributed by atoms with Gasteiger partial charge in [-0.15, -0.1) is 0 Å². The van der Waals surface area contributed by atoms with Gasteiger partial charge in [0.1, 0.15) is 0 Å². The Morgan fingerprint density at radius 2 is 1.77 bits per heavy atom. The first-order chi connectivity index (χ1) is 16.8. The van der Waals surface area contributed by atoms with E-state index in [2.05, 4.69) is 31.5 Å². The number of hydrogen-bond donors (Lipinski definition) is 3. The van der Waals surface area contributed by atoms with Crippen molar-refractivity contribution in [2.75, 3.05) is 36.5 Å². The topological polar surface area (TPSA) is 87.5 Å². The number of para-hydroxylation sites is 2. The van der Waals surface area contributed by atoms with Crippen molar-refractivity contribution in [2.24, 2.45) is 5.92 Å². The van der Waals surface area contributed by atoms with Gasteiger partial charge in [0.2, 0.25) is 11.8 Å². The predicted molar refractivity (Wildman–Crippen MR) is 146 cm³/mol. The molecule has 0 aliphatic carbocycles. The Morgan fingerprint density at radius 3 is 2.49 bits per heavy atom. The zero-order valence-corrected chi connectivity index (χ0v) is 21.4. The summed E-state index contributed by atoms with van der Waals surface area (Å²) in [4.78, 5) is 27.6. The number of carbonyl (C=O) groups excluding carboxylic acids is 2. The molecule has 4 N–H and O–H groups in total. The first-order valence-electron chi connectivity index (χ1n) is 11.5. The lowest BCUT2D eigenvalue weighted by atomic mass is 9.88. The van der Waals surface area contributed by atoms with E-state index >= 15 is 0 Å². The van der Waals surface area contributed by atoms with E-state index in [1.165, 1.54) is 6.08 Å². The summed E-state index contributed by atoms with van der Waals surface area (Å²) in [7, 11) is 2.04. The first kappa shape index (κ1) is 24.7. The van der Waals surface area contributed by atoms with Gasteiger partial charge in [0, 0.05) is 35.2 Å². The molecule has 3 aromatic rings. The Morgan fingerprint density at radius 1 is 1.03 bits per heavy atom. The van der Waals surface area contributed by atoms with E-state index in [9.17, 15) is 9.59 Å². The van der Waals surface area contributed by atoms with Crippen molar-refractivity contribution in [3.63, 3.8) is 0 Å². The van der Waals surface area contributed by atoms with E-state index in [-0.39, 0.29) is 23.7 Å². The Balaban J connectivity index is 1.41. The molecule has 1 aliphatic rings. The lowest BCUT2D eigenvalue weighted by molar-refractivity contribution is -0.119. The molecule has 180 valence electrons. The maximum Gasteiger partial charge on any atom is 0.248 e. The normalized spacial score (nSPS) is 18.0. The van der Waals surface area contributed by atoms with E-state index in [0.717, 1.165) is 33.4 Å². The number of anilines is 3.